The van der Waals surface area contributed by atoms with Crippen LogP contribution in [-0.2, 0) is 6.42 Å². The van der Waals surface area contributed by atoms with E-state index in [4.69, 9.17) is 11.6 Å². The van der Waals surface area contributed by atoms with Crippen LogP contribution in [0.3, 0.4) is 0 Å². The van der Waals surface area contributed by atoms with E-state index in [2.05, 4.69) is 11.4 Å². The molecule has 1 amide bonds. The lowest BCUT2D eigenvalue weighted by atomic mass is 10.1. The summed E-state index contributed by atoms with van der Waals surface area (Å²) in [7, 11) is 0. The highest BCUT2D eigenvalue weighted by atomic mass is 35.5. The minimum atomic E-state index is -0.0717. The molecule has 104 valence electrons. The fourth-order valence-corrected chi connectivity index (χ4v) is 2.24. The lowest BCUT2D eigenvalue weighted by Crippen LogP contribution is -2.13. The first-order valence-corrected chi connectivity index (χ1v) is 7.26. The highest BCUT2D eigenvalue weighted by Crippen LogP contribution is 2.15. The Bertz CT molecular complexity index is 595. The van der Waals surface area contributed by atoms with E-state index in [9.17, 15) is 4.79 Å². The molecule has 2 nitrogen and oxygen atoms in total. The molecule has 0 radical (unpaired) electrons. The molecule has 0 aliphatic rings. The Hall–Kier alpha value is -1.80. The summed E-state index contributed by atoms with van der Waals surface area (Å²) in [6.07, 6.45) is 1.87. The summed E-state index contributed by atoms with van der Waals surface area (Å²) in [4.78, 5) is 12.2. The summed E-state index contributed by atoms with van der Waals surface area (Å²) in [6.45, 7) is 1.94. The Morgan fingerprint density at radius 1 is 1.15 bits per heavy atom. The van der Waals surface area contributed by atoms with E-state index in [1.54, 1.807) is 0 Å². The first kappa shape index (κ1) is 14.6. The number of hydrogen-bond donors (Lipinski definition) is 1. The molecular weight excluding hydrogens is 270 g/mol. The van der Waals surface area contributed by atoms with Crippen LogP contribution in [0.5, 0.6) is 0 Å². The molecule has 1 N–H and O–H groups in total. The third-order valence-corrected chi connectivity index (χ3v) is 3.44. The second kappa shape index (κ2) is 7.11. The van der Waals surface area contributed by atoms with Gasteiger partial charge in [-0.2, -0.15) is 0 Å². The molecule has 0 aromatic heterocycles. The number of alkyl halides is 1. The van der Waals surface area contributed by atoms with Crippen molar-refractivity contribution in [3.8, 4) is 0 Å². The van der Waals surface area contributed by atoms with Crippen molar-refractivity contribution in [2.45, 2.75) is 19.8 Å². The molecule has 20 heavy (non-hydrogen) atoms. The second-order valence-electron chi connectivity index (χ2n) is 4.76. The highest BCUT2D eigenvalue weighted by molar-refractivity contribution is 6.17. The molecule has 0 heterocycles. The molecule has 0 saturated carbocycles. The molecule has 0 aliphatic heterocycles. The lowest BCUT2D eigenvalue weighted by molar-refractivity contribution is 0.102. The number of nitrogens with one attached hydrogen (secondary N) is 1. The fourth-order valence-electron chi connectivity index (χ4n) is 2.10. The van der Waals surface area contributed by atoms with Crippen LogP contribution in [0.4, 0.5) is 5.69 Å². The maximum atomic E-state index is 12.2. The molecule has 0 aliphatic carbocycles. The summed E-state index contributed by atoms with van der Waals surface area (Å²) < 4.78 is 0. The molecule has 0 bridgehead atoms. The van der Waals surface area contributed by atoms with Gasteiger partial charge in [0.1, 0.15) is 0 Å². The number of rotatable bonds is 5. The summed E-state index contributed by atoms with van der Waals surface area (Å²) in [5.74, 6) is 0.581. The van der Waals surface area contributed by atoms with E-state index in [0.717, 1.165) is 24.1 Å². The number of amides is 1. The summed E-state index contributed by atoms with van der Waals surface area (Å²) in [6, 6.07) is 15.5. The summed E-state index contributed by atoms with van der Waals surface area (Å²) in [5.41, 5.74) is 3.69. The smallest absolute Gasteiger partial charge is 0.255 e. The lowest BCUT2D eigenvalue weighted by Gasteiger charge is -2.09. The SMILES string of the molecule is Cc1ccccc1C(=O)Nc1cccc(CCCCl)c1. The van der Waals surface area contributed by atoms with E-state index < -0.39 is 0 Å². The molecule has 2 aromatic carbocycles. The van der Waals surface area contributed by atoms with Crippen LogP contribution >= 0.6 is 11.6 Å². The number of carbonyl (C=O) groups is 1. The first-order valence-electron chi connectivity index (χ1n) is 6.72. The summed E-state index contributed by atoms with van der Waals surface area (Å²) in [5, 5.41) is 2.94. The number of halogens is 1. The number of hydrogen-bond acceptors (Lipinski definition) is 1. The molecule has 0 fully saturated rings. The molecule has 3 heteroatoms. The van der Waals surface area contributed by atoms with Crippen molar-refractivity contribution in [3.63, 3.8) is 0 Å². The average Bonchev–Trinajstić information content (AvgIpc) is 2.46. The van der Waals surface area contributed by atoms with Gasteiger partial charge in [-0.1, -0.05) is 30.3 Å². The Morgan fingerprint density at radius 3 is 2.70 bits per heavy atom. The predicted octanol–water partition coefficient (Wildman–Crippen LogP) is 4.42. The Morgan fingerprint density at radius 2 is 1.95 bits per heavy atom. The number of aryl methyl sites for hydroxylation is 2. The number of anilines is 1. The predicted molar refractivity (Wildman–Crippen MR) is 84.6 cm³/mol. The molecule has 2 aromatic rings. The normalized spacial score (nSPS) is 10.3. The van der Waals surface area contributed by atoms with Gasteiger partial charge in [-0.05, 0) is 49.1 Å². The topological polar surface area (TPSA) is 29.1 Å². The van der Waals surface area contributed by atoms with Gasteiger partial charge in [-0.15, -0.1) is 11.6 Å². The quantitative estimate of drug-likeness (QED) is 0.811. The van der Waals surface area contributed by atoms with Gasteiger partial charge >= 0.3 is 0 Å². The molecular formula is C17H18ClNO. The third kappa shape index (κ3) is 3.84. The minimum absolute atomic E-state index is 0.0717. The van der Waals surface area contributed by atoms with E-state index in [-0.39, 0.29) is 5.91 Å². The molecule has 2 rings (SSSR count). The average molecular weight is 288 g/mol. The Balaban J connectivity index is 2.10. The van der Waals surface area contributed by atoms with Gasteiger partial charge in [0.05, 0.1) is 0 Å². The number of benzene rings is 2. The van der Waals surface area contributed by atoms with Crippen LogP contribution in [-0.4, -0.2) is 11.8 Å². The van der Waals surface area contributed by atoms with Gasteiger partial charge in [0.25, 0.3) is 5.91 Å². The molecule has 0 atom stereocenters. The Kier molecular flexibility index (Phi) is 5.19. The van der Waals surface area contributed by atoms with Crippen LogP contribution in [0.2, 0.25) is 0 Å². The van der Waals surface area contributed by atoms with Gasteiger partial charge < -0.3 is 5.32 Å². The number of carbonyl (C=O) groups excluding carboxylic acids is 1. The van der Waals surface area contributed by atoms with Crippen LogP contribution in [0.25, 0.3) is 0 Å². The summed E-state index contributed by atoms with van der Waals surface area (Å²) >= 11 is 5.70. The molecule has 0 spiro atoms. The van der Waals surface area contributed by atoms with Gasteiger partial charge in [-0.25, -0.2) is 0 Å². The van der Waals surface area contributed by atoms with Gasteiger partial charge in [0.2, 0.25) is 0 Å². The fraction of sp³-hybridized carbons (Fsp3) is 0.235. The minimum Gasteiger partial charge on any atom is -0.322 e. The maximum Gasteiger partial charge on any atom is 0.255 e. The van der Waals surface area contributed by atoms with Crippen molar-refractivity contribution >= 4 is 23.2 Å². The standard InChI is InChI=1S/C17H18ClNO/c1-13-6-2-3-10-16(13)17(20)19-15-9-4-7-14(12-15)8-5-11-18/h2-4,6-7,9-10,12H,5,8,11H2,1H3,(H,19,20). The highest BCUT2D eigenvalue weighted by Gasteiger charge is 2.08. The van der Waals surface area contributed by atoms with Gasteiger partial charge in [0, 0.05) is 17.1 Å². The Labute approximate surface area is 124 Å². The zero-order valence-corrected chi connectivity index (χ0v) is 12.3. The zero-order chi connectivity index (χ0) is 14.4. The first-order chi connectivity index (χ1) is 9.70. The largest absolute Gasteiger partial charge is 0.322 e. The van der Waals surface area contributed by atoms with E-state index in [0.29, 0.717) is 11.4 Å². The van der Waals surface area contributed by atoms with Crippen LogP contribution in [0, 0.1) is 6.92 Å². The van der Waals surface area contributed by atoms with Crippen molar-refractivity contribution in [2.75, 3.05) is 11.2 Å². The molecule has 0 saturated heterocycles. The van der Waals surface area contributed by atoms with E-state index in [1.165, 1.54) is 5.56 Å². The van der Waals surface area contributed by atoms with Crippen molar-refractivity contribution in [1.82, 2.24) is 0 Å². The van der Waals surface area contributed by atoms with Crippen molar-refractivity contribution in [3.05, 3.63) is 65.2 Å². The van der Waals surface area contributed by atoms with E-state index >= 15 is 0 Å². The van der Waals surface area contributed by atoms with Gasteiger partial charge in [0.15, 0.2) is 0 Å². The second-order valence-corrected chi connectivity index (χ2v) is 5.14. The third-order valence-electron chi connectivity index (χ3n) is 3.17. The van der Waals surface area contributed by atoms with Crippen molar-refractivity contribution in [1.29, 1.82) is 0 Å². The van der Waals surface area contributed by atoms with Crippen LogP contribution < -0.4 is 5.32 Å². The maximum absolute atomic E-state index is 12.2. The van der Waals surface area contributed by atoms with Crippen molar-refractivity contribution < 1.29 is 4.79 Å². The van der Waals surface area contributed by atoms with Crippen LogP contribution in [0.15, 0.2) is 48.5 Å². The molecule has 0 unspecified atom stereocenters. The van der Waals surface area contributed by atoms with Crippen LogP contribution in [0.1, 0.15) is 27.9 Å². The van der Waals surface area contributed by atoms with Gasteiger partial charge in [-0.3, -0.25) is 4.79 Å². The van der Waals surface area contributed by atoms with E-state index in [1.807, 2.05) is 49.4 Å². The monoisotopic (exact) mass is 287 g/mol. The zero-order valence-electron chi connectivity index (χ0n) is 11.5. The van der Waals surface area contributed by atoms with Crippen molar-refractivity contribution in [2.24, 2.45) is 0 Å².